The summed E-state index contributed by atoms with van der Waals surface area (Å²) < 4.78 is 7.44. The zero-order valence-electron chi connectivity index (χ0n) is 14.8. The lowest BCUT2D eigenvalue weighted by molar-refractivity contribution is -0.0712. The molecule has 6 nitrogen and oxygen atoms in total. The van der Waals surface area contributed by atoms with E-state index in [4.69, 9.17) is 4.74 Å². The van der Waals surface area contributed by atoms with Crippen LogP contribution in [0.15, 0.2) is 39.9 Å². The highest BCUT2D eigenvalue weighted by molar-refractivity contribution is 9.10. The van der Waals surface area contributed by atoms with Gasteiger partial charge < -0.3 is 14.6 Å². The molecule has 0 radical (unpaired) electrons. The average molecular weight is 419 g/mol. The van der Waals surface area contributed by atoms with E-state index in [2.05, 4.69) is 43.3 Å². The van der Waals surface area contributed by atoms with E-state index in [1.165, 1.54) is 23.0 Å². The van der Waals surface area contributed by atoms with Crippen LogP contribution in [0.25, 0.3) is 0 Å². The summed E-state index contributed by atoms with van der Waals surface area (Å²) in [6, 6.07) is 9.03. The number of aromatic nitrogens is 2. The van der Waals surface area contributed by atoms with Gasteiger partial charge in [0.05, 0.1) is 19.3 Å². The first kappa shape index (κ1) is 17.7. The Morgan fingerprint density at radius 3 is 2.50 bits per heavy atom. The van der Waals surface area contributed by atoms with Gasteiger partial charge in [0.15, 0.2) is 5.82 Å². The topological polar surface area (TPSA) is 59.4 Å². The highest BCUT2D eigenvalue weighted by Crippen LogP contribution is 2.30. The molecular formula is C19H23BrN4O2. The number of piperidine rings is 1. The molecule has 1 N–H and O–H groups in total. The summed E-state index contributed by atoms with van der Waals surface area (Å²) in [6.07, 6.45) is 4.03. The van der Waals surface area contributed by atoms with Crippen molar-refractivity contribution in [2.75, 3.05) is 31.6 Å². The lowest BCUT2D eigenvalue weighted by Gasteiger charge is -2.41. The standard InChI is InChI=1S/C19H23BrN4O2/c1-23-10-17(20)22-18(19(23)25)21-15-4-2-13(3-5-15)14-6-8-24(9-7-14)16-11-26-12-16/h2-5,10,14,16H,6-9,11-12H2,1H3,(H,21,22). The minimum Gasteiger partial charge on any atom is -0.378 e. The van der Waals surface area contributed by atoms with Crippen molar-refractivity contribution in [1.29, 1.82) is 0 Å². The Morgan fingerprint density at radius 2 is 1.88 bits per heavy atom. The maximum absolute atomic E-state index is 12.2. The van der Waals surface area contributed by atoms with Crippen molar-refractivity contribution in [2.24, 2.45) is 7.05 Å². The predicted octanol–water partition coefficient (Wildman–Crippen LogP) is 2.86. The Bertz CT molecular complexity index is 824. The Labute approximate surface area is 161 Å². The molecule has 3 heterocycles. The molecule has 0 unspecified atom stereocenters. The Kier molecular flexibility index (Phi) is 5.11. The number of likely N-dealkylation sites (tertiary alicyclic amines) is 1. The quantitative estimate of drug-likeness (QED) is 0.826. The second kappa shape index (κ2) is 7.50. The molecule has 0 amide bonds. The number of nitrogens with one attached hydrogen (secondary N) is 1. The van der Waals surface area contributed by atoms with E-state index in [1.54, 1.807) is 13.2 Å². The fourth-order valence-electron chi connectivity index (χ4n) is 3.66. The first-order chi connectivity index (χ1) is 12.6. The van der Waals surface area contributed by atoms with Crippen LogP contribution in [-0.2, 0) is 11.8 Å². The molecule has 7 heteroatoms. The third-order valence-corrected chi connectivity index (χ3v) is 5.74. The number of ether oxygens (including phenoxy) is 1. The largest absolute Gasteiger partial charge is 0.378 e. The van der Waals surface area contributed by atoms with E-state index in [1.807, 2.05) is 12.1 Å². The maximum Gasteiger partial charge on any atom is 0.293 e. The van der Waals surface area contributed by atoms with Crippen molar-refractivity contribution in [3.8, 4) is 0 Å². The summed E-state index contributed by atoms with van der Waals surface area (Å²) in [5.41, 5.74) is 2.10. The van der Waals surface area contributed by atoms with Gasteiger partial charge in [-0.05, 0) is 65.5 Å². The van der Waals surface area contributed by atoms with Crippen molar-refractivity contribution in [1.82, 2.24) is 14.5 Å². The van der Waals surface area contributed by atoms with E-state index in [9.17, 15) is 4.79 Å². The van der Waals surface area contributed by atoms with Crippen LogP contribution in [0, 0.1) is 0 Å². The summed E-state index contributed by atoms with van der Waals surface area (Å²) in [5.74, 6) is 0.934. The number of halogens is 1. The van der Waals surface area contributed by atoms with Gasteiger partial charge in [0.2, 0.25) is 0 Å². The number of hydrogen-bond acceptors (Lipinski definition) is 5. The summed E-state index contributed by atoms with van der Waals surface area (Å²) >= 11 is 3.33. The second-order valence-electron chi connectivity index (χ2n) is 7.08. The second-order valence-corrected chi connectivity index (χ2v) is 7.89. The summed E-state index contributed by atoms with van der Waals surface area (Å²) in [4.78, 5) is 19.0. The minimum absolute atomic E-state index is 0.148. The third kappa shape index (κ3) is 3.70. The van der Waals surface area contributed by atoms with Gasteiger partial charge >= 0.3 is 0 Å². The van der Waals surface area contributed by atoms with Gasteiger partial charge in [0.1, 0.15) is 4.60 Å². The van der Waals surface area contributed by atoms with Crippen LogP contribution in [-0.4, -0.2) is 46.8 Å². The maximum atomic E-state index is 12.2. The monoisotopic (exact) mass is 418 g/mol. The number of aryl methyl sites for hydroxylation is 1. The van der Waals surface area contributed by atoms with Gasteiger partial charge in [-0.2, -0.15) is 0 Å². The van der Waals surface area contributed by atoms with Crippen LogP contribution in [0.2, 0.25) is 0 Å². The normalized spacial score (nSPS) is 19.3. The SMILES string of the molecule is Cn1cc(Br)nc(Nc2ccc(C3CCN(C4COC4)CC3)cc2)c1=O. The van der Waals surface area contributed by atoms with Crippen LogP contribution in [0.5, 0.6) is 0 Å². The van der Waals surface area contributed by atoms with Gasteiger partial charge in [-0.15, -0.1) is 0 Å². The fraction of sp³-hybridized carbons (Fsp3) is 0.474. The van der Waals surface area contributed by atoms with Gasteiger partial charge in [-0.25, -0.2) is 4.98 Å². The molecule has 2 saturated heterocycles. The van der Waals surface area contributed by atoms with Crippen molar-refractivity contribution in [3.63, 3.8) is 0 Å². The van der Waals surface area contributed by atoms with Crippen LogP contribution in [0.1, 0.15) is 24.3 Å². The van der Waals surface area contributed by atoms with Crippen molar-refractivity contribution < 1.29 is 4.74 Å². The first-order valence-corrected chi connectivity index (χ1v) is 9.81. The molecule has 4 rings (SSSR count). The highest BCUT2D eigenvalue weighted by atomic mass is 79.9. The molecule has 26 heavy (non-hydrogen) atoms. The highest BCUT2D eigenvalue weighted by Gasteiger charge is 2.29. The zero-order chi connectivity index (χ0) is 18.1. The minimum atomic E-state index is -0.148. The molecule has 2 aromatic rings. The summed E-state index contributed by atoms with van der Waals surface area (Å²) in [7, 11) is 1.71. The number of anilines is 2. The number of rotatable bonds is 4. The number of hydrogen-bond donors (Lipinski definition) is 1. The molecule has 2 fully saturated rings. The Morgan fingerprint density at radius 1 is 1.19 bits per heavy atom. The smallest absolute Gasteiger partial charge is 0.293 e. The van der Waals surface area contributed by atoms with Crippen LogP contribution in [0.3, 0.4) is 0 Å². The van der Waals surface area contributed by atoms with Gasteiger partial charge in [0.25, 0.3) is 5.56 Å². The Hall–Kier alpha value is -1.70. The molecule has 0 spiro atoms. The molecule has 138 valence electrons. The molecule has 2 aliphatic rings. The fourth-order valence-corrected chi connectivity index (χ4v) is 4.14. The number of benzene rings is 1. The molecule has 0 saturated carbocycles. The molecule has 1 aromatic carbocycles. The van der Waals surface area contributed by atoms with Crippen LogP contribution >= 0.6 is 15.9 Å². The van der Waals surface area contributed by atoms with Gasteiger partial charge in [-0.3, -0.25) is 9.69 Å². The molecule has 0 aliphatic carbocycles. The molecule has 2 aliphatic heterocycles. The summed E-state index contributed by atoms with van der Waals surface area (Å²) in [6.45, 7) is 4.09. The van der Waals surface area contributed by atoms with E-state index < -0.39 is 0 Å². The molecule has 1 aromatic heterocycles. The van der Waals surface area contributed by atoms with E-state index >= 15 is 0 Å². The average Bonchev–Trinajstić information content (AvgIpc) is 2.59. The van der Waals surface area contributed by atoms with Crippen molar-refractivity contribution in [2.45, 2.75) is 24.8 Å². The molecular weight excluding hydrogens is 396 g/mol. The zero-order valence-corrected chi connectivity index (χ0v) is 16.4. The van der Waals surface area contributed by atoms with E-state index in [-0.39, 0.29) is 5.56 Å². The van der Waals surface area contributed by atoms with Gasteiger partial charge in [-0.1, -0.05) is 12.1 Å². The van der Waals surface area contributed by atoms with Crippen molar-refractivity contribution >= 4 is 27.4 Å². The third-order valence-electron chi connectivity index (χ3n) is 5.35. The van der Waals surface area contributed by atoms with Gasteiger partial charge in [0, 0.05) is 18.9 Å². The molecule has 0 atom stereocenters. The summed E-state index contributed by atoms with van der Waals surface area (Å²) in [5, 5.41) is 3.12. The lowest BCUT2D eigenvalue weighted by Crippen LogP contribution is -2.51. The van der Waals surface area contributed by atoms with E-state index in [0.29, 0.717) is 22.4 Å². The molecule has 0 bridgehead atoms. The van der Waals surface area contributed by atoms with Crippen LogP contribution < -0.4 is 10.9 Å². The first-order valence-electron chi connectivity index (χ1n) is 9.02. The Balaban J connectivity index is 1.40. The van der Waals surface area contributed by atoms with E-state index in [0.717, 1.165) is 32.0 Å². The lowest BCUT2D eigenvalue weighted by atomic mass is 9.88. The van der Waals surface area contributed by atoms with Crippen molar-refractivity contribution in [3.05, 3.63) is 51.0 Å². The van der Waals surface area contributed by atoms with Crippen LogP contribution in [0.4, 0.5) is 11.5 Å². The predicted molar refractivity (Wildman–Crippen MR) is 105 cm³/mol. The number of nitrogens with zero attached hydrogens (tertiary/aromatic N) is 3.